The minimum Gasteiger partial charge on any atom is -0.497 e. The molecule has 0 aromatic heterocycles. The number of methoxy groups -OCH3 is 2. The first-order chi connectivity index (χ1) is 19.3. The molecule has 0 fully saturated rings. The first kappa shape index (κ1) is 31.5. The number of aryl methyl sites for hydroxylation is 1. The molecule has 0 aliphatic heterocycles. The second-order valence-electron chi connectivity index (χ2n) is 10.7. The Balaban J connectivity index is 2.13. The molecule has 1 atom stereocenters. The van der Waals surface area contributed by atoms with Gasteiger partial charge in [0.25, 0.3) is 10.0 Å². The van der Waals surface area contributed by atoms with E-state index < -0.39 is 34.1 Å². The summed E-state index contributed by atoms with van der Waals surface area (Å²) in [7, 11) is -1.36. The highest BCUT2D eigenvalue weighted by Crippen LogP contribution is 2.36. The van der Waals surface area contributed by atoms with E-state index in [1.54, 1.807) is 37.3 Å². The second kappa shape index (κ2) is 13.1. The van der Waals surface area contributed by atoms with Crippen LogP contribution < -0.4 is 19.1 Å². The monoisotopic (exact) mass is 581 g/mol. The minimum atomic E-state index is -4.25. The van der Waals surface area contributed by atoms with Crippen LogP contribution in [0.3, 0.4) is 0 Å². The van der Waals surface area contributed by atoms with Crippen LogP contribution in [0.2, 0.25) is 0 Å². The average molecular weight is 582 g/mol. The van der Waals surface area contributed by atoms with Gasteiger partial charge in [0.05, 0.1) is 24.8 Å². The van der Waals surface area contributed by atoms with Crippen LogP contribution in [0, 0.1) is 6.92 Å². The first-order valence-electron chi connectivity index (χ1n) is 13.2. The maximum atomic E-state index is 14.2. The van der Waals surface area contributed by atoms with Crippen LogP contribution in [0.5, 0.6) is 11.5 Å². The van der Waals surface area contributed by atoms with Gasteiger partial charge >= 0.3 is 0 Å². The van der Waals surface area contributed by atoms with E-state index in [0.29, 0.717) is 5.75 Å². The number of sulfonamides is 1. The van der Waals surface area contributed by atoms with Crippen molar-refractivity contribution in [3.8, 4) is 11.5 Å². The summed E-state index contributed by atoms with van der Waals surface area (Å²) in [5.74, 6) is -0.289. The third-order valence-corrected chi connectivity index (χ3v) is 8.31. The summed E-state index contributed by atoms with van der Waals surface area (Å²) in [6.07, 6.45) is 0. The Bertz CT molecular complexity index is 1470. The van der Waals surface area contributed by atoms with Crippen molar-refractivity contribution < 1.29 is 27.5 Å². The van der Waals surface area contributed by atoms with Crippen LogP contribution in [0.1, 0.15) is 38.8 Å². The summed E-state index contributed by atoms with van der Waals surface area (Å²) in [4.78, 5) is 28.8. The third kappa shape index (κ3) is 7.79. The number of carbonyl (C=O) groups excluding carboxylic acids is 2. The maximum absolute atomic E-state index is 14.2. The molecule has 0 aliphatic rings. The van der Waals surface area contributed by atoms with Gasteiger partial charge in [-0.2, -0.15) is 0 Å². The fourth-order valence-corrected chi connectivity index (χ4v) is 5.69. The van der Waals surface area contributed by atoms with E-state index in [1.165, 1.54) is 37.3 Å². The Hall–Kier alpha value is -4.05. The topological polar surface area (TPSA) is 105 Å². The molecule has 3 aromatic rings. The molecule has 0 saturated carbocycles. The van der Waals surface area contributed by atoms with Crippen molar-refractivity contribution in [2.75, 3.05) is 25.1 Å². The summed E-state index contributed by atoms with van der Waals surface area (Å²) in [5, 5.41) is 2.93. The summed E-state index contributed by atoms with van der Waals surface area (Å²) >= 11 is 0. The highest BCUT2D eigenvalue weighted by molar-refractivity contribution is 7.92. The lowest BCUT2D eigenvalue weighted by Crippen LogP contribution is -2.54. The number of hydrogen-bond acceptors (Lipinski definition) is 6. The van der Waals surface area contributed by atoms with Crippen LogP contribution >= 0.6 is 0 Å². The maximum Gasteiger partial charge on any atom is 0.264 e. The van der Waals surface area contributed by atoms with Gasteiger partial charge in [-0.25, -0.2) is 8.42 Å². The van der Waals surface area contributed by atoms with Crippen LogP contribution in [0.4, 0.5) is 5.69 Å². The average Bonchev–Trinajstić information content (AvgIpc) is 2.94. The van der Waals surface area contributed by atoms with E-state index in [-0.39, 0.29) is 28.8 Å². The Kier molecular flexibility index (Phi) is 10.0. The van der Waals surface area contributed by atoms with Gasteiger partial charge in [-0.1, -0.05) is 42.5 Å². The van der Waals surface area contributed by atoms with E-state index in [9.17, 15) is 18.0 Å². The van der Waals surface area contributed by atoms with Crippen LogP contribution in [-0.2, 0) is 26.2 Å². The molecular formula is C31H39N3O6S. The molecule has 0 heterocycles. The van der Waals surface area contributed by atoms with Crippen molar-refractivity contribution in [3.63, 3.8) is 0 Å². The number of carbonyl (C=O) groups is 2. The predicted octanol–water partition coefficient (Wildman–Crippen LogP) is 4.54. The van der Waals surface area contributed by atoms with Gasteiger partial charge in [0.2, 0.25) is 11.8 Å². The largest absolute Gasteiger partial charge is 0.497 e. The highest BCUT2D eigenvalue weighted by atomic mass is 32.2. The summed E-state index contributed by atoms with van der Waals surface area (Å²) in [6, 6.07) is 19.2. The second-order valence-corrected chi connectivity index (χ2v) is 12.6. The lowest BCUT2D eigenvalue weighted by Gasteiger charge is -2.34. The van der Waals surface area contributed by atoms with Gasteiger partial charge in [0.1, 0.15) is 24.1 Å². The van der Waals surface area contributed by atoms with E-state index in [2.05, 4.69) is 5.32 Å². The number of benzene rings is 3. The molecule has 10 heteroatoms. The number of amides is 2. The van der Waals surface area contributed by atoms with Gasteiger partial charge < -0.3 is 19.7 Å². The quantitative estimate of drug-likeness (QED) is 0.357. The molecule has 220 valence electrons. The summed E-state index contributed by atoms with van der Waals surface area (Å²) in [5.41, 5.74) is 1.38. The first-order valence-corrected chi connectivity index (χ1v) is 14.7. The number of nitrogens with one attached hydrogen (secondary N) is 1. The molecule has 0 radical (unpaired) electrons. The smallest absolute Gasteiger partial charge is 0.264 e. The molecule has 3 rings (SSSR count). The molecule has 41 heavy (non-hydrogen) atoms. The van der Waals surface area contributed by atoms with E-state index >= 15 is 0 Å². The molecule has 9 nitrogen and oxygen atoms in total. The van der Waals surface area contributed by atoms with Gasteiger partial charge in [0.15, 0.2) is 0 Å². The lowest BCUT2D eigenvalue weighted by atomic mass is 10.1. The standard InChI is InChI=1S/C31H39N3O6S/c1-22-13-11-12-14-24(22)20-33(23(2)30(36)32-31(3,4)5)29(35)21-34(41(37,38)26-15-9-8-10-16-26)27-19-25(39-6)17-18-28(27)40-7/h8-19,23H,20-21H2,1-7H3,(H,32,36)/t23-/m0/s1. The molecular weight excluding hydrogens is 542 g/mol. The van der Waals surface area contributed by atoms with Gasteiger partial charge in [-0.05, 0) is 70.0 Å². The Morgan fingerprint density at radius 2 is 1.56 bits per heavy atom. The van der Waals surface area contributed by atoms with Crippen LogP contribution in [-0.4, -0.2) is 57.5 Å². The Labute approximate surface area is 243 Å². The van der Waals surface area contributed by atoms with Crippen LogP contribution in [0.25, 0.3) is 0 Å². The van der Waals surface area contributed by atoms with Crippen molar-refractivity contribution in [2.24, 2.45) is 0 Å². The molecule has 2 amide bonds. The molecule has 1 N–H and O–H groups in total. The zero-order valence-electron chi connectivity index (χ0n) is 24.7. The molecule has 3 aromatic carbocycles. The third-order valence-electron chi connectivity index (χ3n) is 6.53. The molecule has 0 unspecified atom stereocenters. The molecule has 0 bridgehead atoms. The fourth-order valence-electron chi connectivity index (χ4n) is 4.25. The highest BCUT2D eigenvalue weighted by Gasteiger charge is 2.34. The van der Waals surface area contributed by atoms with Crippen LogP contribution in [0.15, 0.2) is 77.7 Å². The molecule has 0 spiro atoms. The van der Waals surface area contributed by atoms with E-state index in [0.717, 1.165) is 15.4 Å². The number of anilines is 1. The minimum absolute atomic E-state index is 0.00153. The Morgan fingerprint density at radius 3 is 2.15 bits per heavy atom. The van der Waals surface area contributed by atoms with Crippen molar-refractivity contribution in [1.82, 2.24) is 10.2 Å². The van der Waals surface area contributed by atoms with Gasteiger partial charge in [-0.3, -0.25) is 13.9 Å². The Morgan fingerprint density at radius 1 is 0.927 bits per heavy atom. The predicted molar refractivity (Wildman–Crippen MR) is 160 cm³/mol. The zero-order chi connectivity index (χ0) is 30.4. The number of rotatable bonds is 11. The molecule has 0 saturated heterocycles. The fraction of sp³-hybridized carbons (Fsp3) is 0.355. The van der Waals surface area contributed by atoms with Crippen molar-refractivity contribution in [2.45, 2.75) is 57.6 Å². The van der Waals surface area contributed by atoms with E-state index in [1.807, 2.05) is 52.0 Å². The van der Waals surface area contributed by atoms with Crippen molar-refractivity contribution >= 4 is 27.5 Å². The molecule has 0 aliphatic carbocycles. The lowest BCUT2D eigenvalue weighted by molar-refractivity contribution is -0.140. The summed E-state index contributed by atoms with van der Waals surface area (Å²) < 4.78 is 39.9. The zero-order valence-corrected chi connectivity index (χ0v) is 25.5. The van der Waals surface area contributed by atoms with E-state index in [4.69, 9.17) is 9.47 Å². The normalized spacial score (nSPS) is 12.3. The number of hydrogen-bond donors (Lipinski definition) is 1. The summed E-state index contributed by atoms with van der Waals surface area (Å²) in [6.45, 7) is 8.65. The van der Waals surface area contributed by atoms with Gasteiger partial charge in [-0.15, -0.1) is 0 Å². The SMILES string of the molecule is COc1ccc(OC)c(N(CC(=O)N(Cc2ccccc2C)[C@@H](C)C(=O)NC(C)(C)C)S(=O)(=O)c2ccccc2)c1. The van der Waals surface area contributed by atoms with Gasteiger partial charge in [0, 0.05) is 18.2 Å². The number of nitrogens with zero attached hydrogens (tertiary/aromatic N) is 2. The van der Waals surface area contributed by atoms with Crippen molar-refractivity contribution in [3.05, 3.63) is 83.9 Å². The van der Waals surface area contributed by atoms with Crippen molar-refractivity contribution in [1.29, 1.82) is 0 Å². The number of ether oxygens (including phenoxy) is 2.